The Hall–Kier alpha value is -2.35. The molecule has 122 valence electrons. The second-order valence-corrected chi connectivity index (χ2v) is 5.91. The van der Waals surface area contributed by atoms with Gasteiger partial charge in [-0.15, -0.1) is 0 Å². The lowest BCUT2D eigenvalue weighted by Gasteiger charge is -2.21. The third-order valence-corrected chi connectivity index (χ3v) is 4.15. The molecular formula is C18H22N2O3. The molecule has 5 heteroatoms. The Morgan fingerprint density at radius 1 is 1.30 bits per heavy atom. The molecular weight excluding hydrogens is 292 g/mol. The van der Waals surface area contributed by atoms with E-state index in [1.807, 2.05) is 18.2 Å². The molecule has 1 amide bonds. The molecule has 1 aromatic rings. The van der Waals surface area contributed by atoms with Crippen molar-refractivity contribution in [2.75, 3.05) is 13.6 Å². The molecule has 1 atom stereocenters. The topological polar surface area (TPSA) is 70.4 Å². The van der Waals surface area contributed by atoms with Crippen LogP contribution in [-0.2, 0) is 22.4 Å². The van der Waals surface area contributed by atoms with E-state index in [4.69, 9.17) is 10.00 Å². The lowest BCUT2D eigenvalue weighted by molar-refractivity contribution is -0.138. The highest BCUT2D eigenvalue weighted by Gasteiger charge is 2.22. The summed E-state index contributed by atoms with van der Waals surface area (Å²) in [7, 11) is 1.60. The fourth-order valence-corrected chi connectivity index (χ4v) is 2.78. The number of aryl methyl sites for hydroxylation is 2. The summed E-state index contributed by atoms with van der Waals surface area (Å²) in [6, 6.07) is 7.62. The number of carbonyl (C=O) groups is 2. The van der Waals surface area contributed by atoms with Gasteiger partial charge in [0.1, 0.15) is 0 Å². The third-order valence-electron chi connectivity index (χ3n) is 4.15. The Morgan fingerprint density at radius 2 is 2.00 bits per heavy atom. The number of benzene rings is 1. The first-order valence-electron chi connectivity index (χ1n) is 7.97. The molecule has 1 aliphatic rings. The maximum Gasteiger partial charge on any atom is 0.338 e. The minimum Gasteiger partial charge on any atom is -0.449 e. The zero-order chi connectivity index (χ0) is 16.8. The van der Waals surface area contributed by atoms with Crippen molar-refractivity contribution in [2.24, 2.45) is 0 Å². The van der Waals surface area contributed by atoms with Gasteiger partial charge in [-0.25, -0.2) is 4.79 Å². The van der Waals surface area contributed by atoms with Crippen molar-refractivity contribution >= 4 is 11.9 Å². The van der Waals surface area contributed by atoms with Crippen LogP contribution < -0.4 is 0 Å². The first-order valence-corrected chi connectivity index (χ1v) is 7.97. The lowest BCUT2D eigenvalue weighted by Crippen LogP contribution is -2.37. The monoisotopic (exact) mass is 314 g/mol. The molecule has 0 fully saturated rings. The molecule has 1 aliphatic carbocycles. The van der Waals surface area contributed by atoms with Crippen LogP contribution in [0, 0.1) is 11.3 Å². The number of ether oxygens (including phenoxy) is 1. The van der Waals surface area contributed by atoms with E-state index in [1.54, 1.807) is 20.0 Å². The van der Waals surface area contributed by atoms with Crippen LogP contribution in [0.15, 0.2) is 18.2 Å². The number of hydrogen-bond acceptors (Lipinski definition) is 4. The maximum atomic E-state index is 12.2. The van der Waals surface area contributed by atoms with Crippen molar-refractivity contribution in [3.05, 3.63) is 34.9 Å². The van der Waals surface area contributed by atoms with E-state index < -0.39 is 12.1 Å². The van der Waals surface area contributed by atoms with Crippen molar-refractivity contribution < 1.29 is 14.3 Å². The summed E-state index contributed by atoms with van der Waals surface area (Å²) in [5.41, 5.74) is 2.99. The van der Waals surface area contributed by atoms with Gasteiger partial charge in [0.05, 0.1) is 18.1 Å². The summed E-state index contributed by atoms with van der Waals surface area (Å²) in [4.78, 5) is 25.7. The maximum absolute atomic E-state index is 12.2. The number of rotatable bonds is 5. The molecule has 0 saturated heterocycles. The van der Waals surface area contributed by atoms with Crippen molar-refractivity contribution in [1.82, 2.24) is 4.90 Å². The van der Waals surface area contributed by atoms with Crippen molar-refractivity contribution in [2.45, 2.75) is 45.1 Å². The second kappa shape index (κ2) is 7.77. The number of nitrogens with zero attached hydrogens (tertiary/aromatic N) is 2. The molecule has 5 nitrogen and oxygen atoms in total. The fourth-order valence-electron chi connectivity index (χ4n) is 2.78. The molecule has 1 aromatic carbocycles. The predicted molar refractivity (Wildman–Crippen MR) is 85.8 cm³/mol. The number of likely N-dealkylation sites (N-methyl/N-ethyl adjacent to an activating group) is 1. The molecule has 0 aromatic heterocycles. The highest BCUT2D eigenvalue weighted by atomic mass is 16.5. The van der Waals surface area contributed by atoms with Gasteiger partial charge in [0.25, 0.3) is 5.91 Å². The van der Waals surface area contributed by atoms with Gasteiger partial charge in [-0.2, -0.15) is 5.26 Å². The lowest BCUT2D eigenvalue weighted by atomic mass is 9.90. The van der Waals surface area contributed by atoms with Crippen LogP contribution in [-0.4, -0.2) is 36.5 Å². The van der Waals surface area contributed by atoms with Crippen molar-refractivity contribution in [3.63, 3.8) is 0 Å². The molecule has 0 bridgehead atoms. The van der Waals surface area contributed by atoms with E-state index in [0.717, 1.165) is 19.3 Å². The van der Waals surface area contributed by atoms with Gasteiger partial charge < -0.3 is 9.64 Å². The van der Waals surface area contributed by atoms with Crippen LogP contribution in [0.2, 0.25) is 0 Å². The second-order valence-electron chi connectivity index (χ2n) is 5.91. The Labute approximate surface area is 136 Å². The van der Waals surface area contributed by atoms with E-state index in [1.165, 1.54) is 22.4 Å². The number of carbonyl (C=O) groups excluding carboxylic acids is 2. The van der Waals surface area contributed by atoms with Gasteiger partial charge in [-0.1, -0.05) is 6.07 Å². The molecule has 0 N–H and O–H groups in total. The van der Waals surface area contributed by atoms with Crippen LogP contribution >= 0.6 is 0 Å². The highest BCUT2D eigenvalue weighted by Crippen LogP contribution is 2.22. The largest absolute Gasteiger partial charge is 0.449 e. The average Bonchev–Trinajstić information content (AvgIpc) is 2.58. The smallest absolute Gasteiger partial charge is 0.338 e. The summed E-state index contributed by atoms with van der Waals surface area (Å²) in [5, 5.41) is 8.55. The first kappa shape index (κ1) is 17.0. The Balaban J connectivity index is 1.98. The van der Waals surface area contributed by atoms with E-state index in [2.05, 4.69) is 0 Å². The minimum absolute atomic E-state index is 0.258. The van der Waals surface area contributed by atoms with Gasteiger partial charge >= 0.3 is 5.97 Å². The minimum atomic E-state index is -0.859. The molecule has 2 rings (SSSR count). The van der Waals surface area contributed by atoms with Gasteiger partial charge in [0.15, 0.2) is 6.10 Å². The van der Waals surface area contributed by atoms with E-state index in [9.17, 15) is 9.59 Å². The SMILES string of the molecule is C[C@H](OC(=O)c1ccc2c(c1)CCCC2)C(=O)N(C)CCC#N. The fraction of sp³-hybridized carbons (Fsp3) is 0.500. The number of nitriles is 1. The van der Waals surface area contributed by atoms with Gasteiger partial charge in [0.2, 0.25) is 0 Å². The van der Waals surface area contributed by atoms with E-state index in [0.29, 0.717) is 12.1 Å². The predicted octanol–water partition coefficient (Wildman–Crippen LogP) is 2.48. The third kappa shape index (κ3) is 4.32. The summed E-state index contributed by atoms with van der Waals surface area (Å²) in [5.74, 6) is -0.778. The van der Waals surface area contributed by atoms with Crippen LogP contribution in [0.3, 0.4) is 0 Å². The Morgan fingerprint density at radius 3 is 2.70 bits per heavy atom. The highest BCUT2D eigenvalue weighted by molar-refractivity contribution is 5.92. The van der Waals surface area contributed by atoms with Crippen LogP contribution in [0.4, 0.5) is 0 Å². The average molecular weight is 314 g/mol. The molecule has 0 heterocycles. The number of fused-ring (bicyclic) bond motifs is 1. The van der Waals surface area contributed by atoms with E-state index >= 15 is 0 Å². The normalized spacial score (nSPS) is 14.3. The first-order chi connectivity index (χ1) is 11.0. The Bertz CT molecular complexity index is 634. The zero-order valence-corrected chi connectivity index (χ0v) is 13.7. The zero-order valence-electron chi connectivity index (χ0n) is 13.7. The number of hydrogen-bond donors (Lipinski definition) is 0. The molecule has 0 aliphatic heterocycles. The summed E-state index contributed by atoms with van der Waals surface area (Å²) < 4.78 is 5.28. The van der Waals surface area contributed by atoms with Gasteiger partial charge in [-0.05, 0) is 55.9 Å². The van der Waals surface area contributed by atoms with Gasteiger partial charge in [0, 0.05) is 13.6 Å². The van der Waals surface area contributed by atoms with Crippen LogP contribution in [0.5, 0.6) is 0 Å². The van der Waals surface area contributed by atoms with Gasteiger partial charge in [-0.3, -0.25) is 4.79 Å². The van der Waals surface area contributed by atoms with Crippen molar-refractivity contribution in [3.8, 4) is 6.07 Å². The molecule has 0 radical (unpaired) electrons. The number of esters is 1. The van der Waals surface area contributed by atoms with E-state index in [-0.39, 0.29) is 12.3 Å². The number of amides is 1. The molecule has 0 unspecified atom stereocenters. The summed E-state index contributed by atoms with van der Waals surface area (Å²) >= 11 is 0. The molecule has 23 heavy (non-hydrogen) atoms. The van der Waals surface area contributed by atoms with Crippen molar-refractivity contribution in [1.29, 1.82) is 5.26 Å². The van der Waals surface area contributed by atoms with Crippen LogP contribution in [0.1, 0.15) is 47.7 Å². The van der Waals surface area contributed by atoms with Crippen LogP contribution in [0.25, 0.3) is 0 Å². The quantitative estimate of drug-likeness (QED) is 0.783. The summed E-state index contributed by atoms with van der Waals surface area (Å²) in [6.45, 7) is 1.89. The standard InChI is InChI=1S/C18H22N2O3/c1-13(17(21)20(2)11-5-10-19)23-18(22)16-9-8-14-6-3-4-7-15(14)12-16/h8-9,12-13H,3-7,11H2,1-2H3/t13-/m0/s1. The Kier molecular flexibility index (Phi) is 5.75. The molecule has 0 spiro atoms. The molecule has 0 saturated carbocycles. The summed E-state index contributed by atoms with van der Waals surface area (Å²) in [6.07, 6.45) is 3.78.